The van der Waals surface area contributed by atoms with Crippen molar-refractivity contribution in [1.82, 2.24) is 10.6 Å². The van der Waals surface area contributed by atoms with Gasteiger partial charge in [0.05, 0.1) is 18.7 Å². The Kier molecular flexibility index (Phi) is 11.0. The quantitative estimate of drug-likeness (QED) is 0.176. The van der Waals surface area contributed by atoms with Gasteiger partial charge in [0.25, 0.3) is 5.92 Å². The molecule has 0 fully saturated rings. The number of carbonyl (C=O) groups excluding carboxylic acids is 3. The Morgan fingerprint density at radius 1 is 0.951 bits per heavy atom. The molecule has 2 aromatic rings. The summed E-state index contributed by atoms with van der Waals surface area (Å²) < 4.78 is 47.4. The molecule has 2 aromatic carbocycles. The molecule has 4 atom stereocenters. The zero-order valence-corrected chi connectivity index (χ0v) is 24.1. The van der Waals surface area contributed by atoms with E-state index in [-0.39, 0.29) is 16.9 Å². The molecule has 0 aliphatic heterocycles. The van der Waals surface area contributed by atoms with Gasteiger partial charge in [-0.25, -0.2) is 23.2 Å². The number of aliphatic hydroxyl groups is 2. The number of methoxy groups -OCH3 is 1. The summed E-state index contributed by atoms with van der Waals surface area (Å²) in [4.78, 5) is 37.3. The highest BCUT2D eigenvalue weighted by atomic mass is 19.3. The van der Waals surface area contributed by atoms with Crippen LogP contribution in [0.2, 0.25) is 0 Å². The van der Waals surface area contributed by atoms with E-state index in [1.807, 2.05) is 0 Å². The van der Waals surface area contributed by atoms with Gasteiger partial charge in [-0.2, -0.15) is 0 Å². The number of esters is 2. The first kappa shape index (κ1) is 33.6. The van der Waals surface area contributed by atoms with Crippen LogP contribution in [-0.4, -0.2) is 64.7 Å². The van der Waals surface area contributed by atoms with Crippen LogP contribution in [0.4, 0.5) is 13.6 Å². The second-order valence-corrected chi connectivity index (χ2v) is 10.9. The first-order valence-electron chi connectivity index (χ1n) is 12.9. The number of ether oxygens (including phenoxy) is 3. The molecule has 0 aromatic heterocycles. The second-order valence-electron chi connectivity index (χ2n) is 10.9. The minimum Gasteiger partial charge on any atom is -0.466 e. The van der Waals surface area contributed by atoms with E-state index in [4.69, 9.17) is 9.47 Å². The largest absolute Gasteiger partial charge is 0.466 e. The van der Waals surface area contributed by atoms with Gasteiger partial charge in [0.1, 0.15) is 23.5 Å². The van der Waals surface area contributed by atoms with Crippen molar-refractivity contribution in [2.24, 2.45) is 5.92 Å². The van der Waals surface area contributed by atoms with E-state index in [0.717, 1.165) is 20.1 Å². The van der Waals surface area contributed by atoms with Crippen molar-refractivity contribution in [3.8, 4) is 5.75 Å². The van der Waals surface area contributed by atoms with Gasteiger partial charge in [0.15, 0.2) is 0 Å². The van der Waals surface area contributed by atoms with Gasteiger partial charge in [-0.15, -0.1) is 0 Å². The molecule has 10 nitrogen and oxygen atoms in total. The first-order chi connectivity index (χ1) is 18.9. The van der Waals surface area contributed by atoms with E-state index in [1.165, 1.54) is 44.2 Å². The highest BCUT2D eigenvalue weighted by Crippen LogP contribution is 2.39. The summed E-state index contributed by atoms with van der Waals surface area (Å²) in [6, 6.07) is 9.23. The van der Waals surface area contributed by atoms with Crippen LogP contribution in [0.5, 0.6) is 5.75 Å². The van der Waals surface area contributed by atoms with Crippen LogP contribution in [0.3, 0.4) is 0 Å². The highest BCUT2D eigenvalue weighted by molar-refractivity contribution is 5.91. The monoisotopic (exact) mass is 580 g/mol. The number of hydrogen-bond acceptors (Lipinski definition) is 9. The smallest absolute Gasteiger partial charge is 0.407 e. The van der Waals surface area contributed by atoms with Crippen molar-refractivity contribution in [2.75, 3.05) is 7.11 Å². The summed E-state index contributed by atoms with van der Waals surface area (Å²) in [6.07, 6.45) is -3.58. The Morgan fingerprint density at radius 3 is 2.10 bits per heavy atom. The lowest BCUT2D eigenvalue weighted by Gasteiger charge is -2.40. The molecule has 0 aliphatic rings. The number of benzene rings is 2. The summed E-state index contributed by atoms with van der Waals surface area (Å²) in [5.74, 6) is -7.22. The fourth-order valence-corrected chi connectivity index (χ4v) is 3.81. The van der Waals surface area contributed by atoms with Crippen molar-refractivity contribution in [2.45, 2.75) is 77.0 Å². The molecule has 0 saturated heterocycles. The molecule has 4 N–H and O–H groups in total. The Bertz CT molecular complexity index is 1200. The number of amides is 1. The molecule has 226 valence electrons. The molecule has 0 spiro atoms. The number of rotatable bonds is 11. The number of aliphatic hydroxyl groups excluding tert-OH is 1. The lowest BCUT2D eigenvalue weighted by Crippen LogP contribution is -2.63. The second kappa shape index (κ2) is 13.4. The van der Waals surface area contributed by atoms with Gasteiger partial charge < -0.3 is 29.7 Å². The normalized spacial score (nSPS) is 15.7. The maximum Gasteiger partial charge on any atom is 0.407 e. The predicted octanol–water partition coefficient (Wildman–Crippen LogP) is 3.96. The maximum absolute atomic E-state index is 16.2. The molecule has 0 radical (unpaired) electrons. The number of alkyl halides is 2. The minimum absolute atomic E-state index is 0.112. The minimum atomic E-state index is -4.15. The van der Waals surface area contributed by atoms with E-state index in [9.17, 15) is 24.6 Å². The SMILES string of the molecule is COC(=O)[C@](O)(NC(c1cccc(OC(=O)c2ccccc2)c1)C(F)(F)C(O)C(C)NC(=O)OC(C)(C)C)C(C)C. The molecule has 0 bridgehead atoms. The summed E-state index contributed by atoms with van der Waals surface area (Å²) in [7, 11) is 0.982. The highest BCUT2D eigenvalue weighted by Gasteiger charge is 2.54. The van der Waals surface area contributed by atoms with Crippen LogP contribution in [0.25, 0.3) is 0 Å². The van der Waals surface area contributed by atoms with Crippen LogP contribution in [0.15, 0.2) is 54.6 Å². The number of hydrogen-bond donors (Lipinski definition) is 4. The van der Waals surface area contributed by atoms with Crippen LogP contribution >= 0.6 is 0 Å². The van der Waals surface area contributed by atoms with Crippen molar-refractivity contribution >= 4 is 18.0 Å². The summed E-state index contributed by atoms with van der Waals surface area (Å²) in [5.41, 5.74) is -3.58. The van der Waals surface area contributed by atoms with E-state index in [2.05, 4.69) is 15.4 Å². The fraction of sp³-hybridized carbons (Fsp3) is 0.483. The van der Waals surface area contributed by atoms with Crippen LogP contribution in [-0.2, 0) is 14.3 Å². The standard InChI is InChI=1S/C29H38F2N2O8/c1-17(2)29(38,25(36)39-7)33-22(28(30,31)23(34)18(3)32-26(37)41-27(4,5)6)20-14-11-15-21(16-20)40-24(35)19-12-9-8-10-13-19/h8-18,22-23,33-34,38H,1-7H3,(H,32,37)/t18?,22?,23?,29-/m0/s1. The van der Waals surface area contributed by atoms with Gasteiger partial charge in [-0.05, 0) is 57.5 Å². The third-order valence-corrected chi connectivity index (χ3v) is 6.11. The van der Waals surface area contributed by atoms with E-state index in [1.54, 1.807) is 39.0 Å². The van der Waals surface area contributed by atoms with Gasteiger partial charge in [0, 0.05) is 5.92 Å². The predicted molar refractivity (Wildman–Crippen MR) is 145 cm³/mol. The summed E-state index contributed by atoms with van der Waals surface area (Å²) >= 11 is 0. The number of nitrogens with one attached hydrogen (secondary N) is 2. The molecule has 0 saturated carbocycles. The van der Waals surface area contributed by atoms with Crippen LogP contribution in [0, 0.1) is 5.92 Å². The van der Waals surface area contributed by atoms with Gasteiger partial charge >= 0.3 is 18.0 Å². The Labute approximate surface area is 238 Å². The van der Waals surface area contributed by atoms with E-state index in [0.29, 0.717) is 0 Å². The molecular formula is C29H38F2N2O8. The van der Waals surface area contributed by atoms with E-state index < -0.39 is 59.4 Å². The Balaban J connectivity index is 2.51. The summed E-state index contributed by atoms with van der Waals surface area (Å²) in [6.45, 7) is 8.70. The zero-order valence-electron chi connectivity index (χ0n) is 24.1. The molecule has 0 aliphatic carbocycles. The molecule has 41 heavy (non-hydrogen) atoms. The van der Waals surface area contributed by atoms with Gasteiger partial charge in [-0.3, -0.25) is 5.32 Å². The molecule has 2 rings (SSSR count). The third kappa shape index (κ3) is 8.69. The van der Waals surface area contributed by atoms with E-state index >= 15 is 8.78 Å². The van der Waals surface area contributed by atoms with Crippen molar-refractivity contribution < 1.29 is 47.6 Å². The van der Waals surface area contributed by atoms with Crippen molar-refractivity contribution in [3.05, 3.63) is 65.7 Å². The maximum atomic E-state index is 16.2. The molecule has 1 amide bonds. The first-order valence-corrected chi connectivity index (χ1v) is 12.9. The summed E-state index contributed by atoms with van der Waals surface area (Å²) in [5, 5.41) is 26.4. The average molecular weight is 581 g/mol. The lowest BCUT2D eigenvalue weighted by atomic mass is 9.89. The molecule has 3 unspecified atom stereocenters. The molecule has 0 heterocycles. The number of alkyl carbamates (subject to hydrolysis) is 1. The average Bonchev–Trinajstić information content (AvgIpc) is 2.89. The topological polar surface area (TPSA) is 143 Å². The molecule has 12 heteroatoms. The number of carbonyl (C=O) groups is 3. The Morgan fingerprint density at radius 2 is 1.56 bits per heavy atom. The van der Waals surface area contributed by atoms with Crippen LogP contribution in [0.1, 0.15) is 63.5 Å². The van der Waals surface area contributed by atoms with Gasteiger partial charge in [0.2, 0.25) is 5.72 Å². The lowest BCUT2D eigenvalue weighted by molar-refractivity contribution is -0.188. The van der Waals surface area contributed by atoms with Crippen LogP contribution < -0.4 is 15.4 Å². The Hall–Kier alpha value is -3.61. The fourth-order valence-electron chi connectivity index (χ4n) is 3.81. The van der Waals surface area contributed by atoms with Crippen molar-refractivity contribution in [3.63, 3.8) is 0 Å². The molecular weight excluding hydrogens is 542 g/mol. The third-order valence-electron chi connectivity index (χ3n) is 6.11. The number of halogens is 2. The zero-order chi connectivity index (χ0) is 31.2. The van der Waals surface area contributed by atoms with Crippen molar-refractivity contribution in [1.29, 1.82) is 0 Å². The van der Waals surface area contributed by atoms with Gasteiger partial charge in [-0.1, -0.05) is 44.2 Å².